The van der Waals surface area contributed by atoms with Crippen molar-refractivity contribution >= 4 is 34.5 Å². The summed E-state index contributed by atoms with van der Waals surface area (Å²) in [7, 11) is 3.24. The van der Waals surface area contributed by atoms with Crippen LogP contribution in [0.5, 0.6) is 17.2 Å². The van der Waals surface area contributed by atoms with E-state index in [2.05, 4.69) is 23.9 Å². The zero-order valence-corrected chi connectivity index (χ0v) is 20.5. The molecule has 2 aromatic heterocycles. The molecular weight excluding hydrogens is 450 g/mol. The van der Waals surface area contributed by atoms with Gasteiger partial charge >= 0.3 is 0 Å². The number of nitrogens with zero attached hydrogens (tertiary/aromatic N) is 3. The van der Waals surface area contributed by atoms with Crippen LogP contribution in [0.3, 0.4) is 0 Å². The van der Waals surface area contributed by atoms with E-state index in [9.17, 15) is 4.79 Å². The molecule has 0 N–H and O–H groups in total. The minimum Gasteiger partial charge on any atom is -0.497 e. The third-order valence-corrected chi connectivity index (χ3v) is 6.14. The number of benzene rings is 2. The summed E-state index contributed by atoms with van der Waals surface area (Å²) < 4.78 is 18.4. The molecule has 0 spiro atoms. The Morgan fingerprint density at radius 1 is 1.00 bits per heavy atom. The number of rotatable bonds is 9. The average Bonchev–Trinajstić information content (AvgIpc) is 3.37. The van der Waals surface area contributed by atoms with Crippen molar-refractivity contribution in [1.29, 1.82) is 0 Å². The first-order valence-corrected chi connectivity index (χ1v) is 11.8. The highest BCUT2D eigenvalue weighted by Crippen LogP contribution is 2.28. The van der Waals surface area contributed by atoms with Gasteiger partial charge in [-0.1, -0.05) is 49.5 Å². The lowest BCUT2D eigenvalue weighted by atomic mass is 10.1. The van der Waals surface area contributed by atoms with Gasteiger partial charge in [-0.3, -0.25) is 4.79 Å². The summed E-state index contributed by atoms with van der Waals surface area (Å²) in [5.41, 5.74) is 1.63. The van der Waals surface area contributed by atoms with Gasteiger partial charge in [0, 0.05) is 0 Å². The SMILES string of the molecule is COc1ccc(/C=C/c2nc3s/c(=C/c4ccc(OCCC(C)C)c(OC)c4)c(=O)n3n2)cc1. The number of fused-ring (bicyclic) bond motifs is 1. The normalized spacial score (nSPS) is 12.2. The number of aromatic nitrogens is 3. The highest BCUT2D eigenvalue weighted by molar-refractivity contribution is 7.15. The van der Waals surface area contributed by atoms with E-state index in [-0.39, 0.29) is 5.56 Å². The maximum Gasteiger partial charge on any atom is 0.291 e. The standard InChI is InChI=1S/C26H27N3O4S/c1-17(2)13-14-33-21-11-7-19(15-22(21)32-4)16-23-25(30)29-26(34-23)27-24(28-29)12-8-18-5-9-20(31-3)10-6-18/h5-12,15-17H,13-14H2,1-4H3/b12-8+,23-16+. The third kappa shape index (κ3) is 5.46. The number of hydrogen-bond donors (Lipinski definition) is 0. The first kappa shape index (κ1) is 23.5. The van der Waals surface area contributed by atoms with Gasteiger partial charge in [0.1, 0.15) is 5.75 Å². The summed E-state index contributed by atoms with van der Waals surface area (Å²) in [6.07, 6.45) is 6.47. The highest BCUT2D eigenvalue weighted by atomic mass is 32.1. The van der Waals surface area contributed by atoms with Crippen molar-refractivity contribution in [3.8, 4) is 17.2 Å². The molecule has 0 unspecified atom stereocenters. The molecule has 34 heavy (non-hydrogen) atoms. The molecule has 0 aliphatic carbocycles. The molecule has 0 aliphatic heterocycles. The van der Waals surface area contributed by atoms with Crippen LogP contribution in [0.4, 0.5) is 0 Å². The van der Waals surface area contributed by atoms with Gasteiger partial charge in [0.25, 0.3) is 5.56 Å². The number of methoxy groups -OCH3 is 2. The lowest BCUT2D eigenvalue weighted by Crippen LogP contribution is -2.23. The fourth-order valence-corrected chi connectivity index (χ4v) is 4.17. The number of hydrogen-bond acceptors (Lipinski definition) is 7. The Balaban J connectivity index is 1.55. The van der Waals surface area contributed by atoms with Crippen molar-refractivity contribution < 1.29 is 14.2 Å². The minimum atomic E-state index is -0.201. The fraction of sp³-hybridized carbons (Fsp3) is 0.269. The van der Waals surface area contributed by atoms with Crippen molar-refractivity contribution in [3.63, 3.8) is 0 Å². The summed E-state index contributed by atoms with van der Waals surface area (Å²) in [5.74, 6) is 3.17. The molecule has 0 radical (unpaired) electrons. The third-order valence-electron chi connectivity index (χ3n) is 5.18. The molecule has 2 heterocycles. The summed E-state index contributed by atoms with van der Waals surface area (Å²) >= 11 is 1.30. The predicted molar refractivity (Wildman–Crippen MR) is 136 cm³/mol. The van der Waals surface area contributed by atoms with E-state index >= 15 is 0 Å². The van der Waals surface area contributed by atoms with Gasteiger partial charge in [0.05, 0.1) is 25.4 Å². The lowest BCUT2D eigenvalue weighted by Gasteiger charge is -2.12. The smallest absolute Gasteiger partial charge is 0.291 e. The van der Waals surface area contributed by atoms with Gasteiger partial charge in [-0.15, -0.1) is 5.10 Å². The van der Waals surface area contributed by atoms with Crippen LogP contribution >= 0.6 is 11.3 Å². The van der Waals surface area contributed by atoms with Gasteiger partial charge in [0.2, 0.25) is 4.96 Å². The summed E-state index contributed by atoms with van der Waals surface area (Å²) in [6.45, 7) is 4.95. The Morgan fingerprint density at radius 2 is 1.76 bits per heavy atom. The molecular formula is C26H27N3O4S. The lowest BCUT2D eigenvalue weighted by molar-refractivity contribution is 0.273. The van der Waals surface area contributed by atoms with Crippen LogP contribution in [-0.2, 0) is 0 Å². The quantitative estimate of drug-likeness (QED) is 0.358. The second-order valence-electron chi connectivity index (χ2n) is 8.13. The number of ether oxygens (including phenoxy) is 3. The molecule has 4 rings (SSSR count). The van der Waals surface area contributed by atoms with Gasteiger partial charge in [-0.25, -0.2) is 0 Å². The van der Waals surface area contributed by atoms with E-state index in [1.165, 1.54) is 15.9 Å². The van der Waals surface area contributed by atoms with E-state index in [1.54, 1.807) is 20.3 Å². The summed E-state index contributed by atoms with van der Waals surface area (Å²) in [6, 6.07) is 13.3. The molecule has 0 aliphatic rings. The Labute approximate surface area is 201 Å². The van der Waals surface area contributed by atoms with Crippen LogP contribution < -0.4 is 24.3 Å². The first-order valence-electron chi connectivity index (χ1n) is 11.0. The zero-order chi connectivity index (χ0) is 24.1. The molecule has 176 valence electrons. The molecule has 0 fully saturated rings. The molecule has 0 amide bonds. The maximum absolute atomic E-state index is 12.9. The molecule has 0 saturated carbocycles. The molecule has 2 aromatic carbocycles. The first-order chi connectivity index (χ1) is 16.5. The van der Waals surface area contributed by atoms with Gasteiger partial charge < -0.3 is 14.2 Å². The summed E-state index contributed by atoms with van der Waals surface area (Å²) in [4.78, 5) is 17.9. The second kappa shape index (κ2) is 10.5. The highest BCUT2D eigenvalue weighted by Gasteiger charge is 2.10. The zero-order valence-electron chi connectivity index (χ0n) is 19.6. The molecule has 7 nitrogen and oxygen atoms in total. The van der Waals surface area contributed by atoms with Gasteiger partial charge in [-0.2, -0.15) is 9.50 Å². The van der Waals surface area contributed by atoms with E-state index in [4.69, 9.17) is 14.2 Å². The minimum absolute atomic E-state index is 0.201. The maximum atomic E-state index is 12.9. The number of thiazole rings is 1. The predicted octanol–water partition coefficient (Wildman–Crippen LogP) is 4.31. The van der Waals surface area contributed by atoms with Crippen LogP contribution in [0, 0.1) is 5.92 Å². The largest absolute Gasteiger partial charge is 0.497 e. The van der Waals surface area contributed by atoms with Crippen molar-refractivity contribution in [1.82, 2.24) is 14.6 Å². The van der Waals surface area contributed by atoms with Crippen molar-refractivity contribution in [2.24, 2.45) is 5.92 Å². The van der Waals surface area contributed by atoms with Crippen molar-refractivity contribution in [2.45, 2.75) is 20.3 Å². The molecule has 8 heteroatoms. The Bertz CT molecular complexity index is 1400. The van der Waals surface area contributed by atoms with E-state index in [0.29, 0.717) is 39.3 Å². The van der Waals surface area contributed by atoms with E-state index in [1.807, 2.05) is 54.6 Å². The van der Waals surface area contributed by atoms with Crippen LogP contribution in [0.1, 0.15) is 37.2 Å². The van der Waals surface area contributed by atoms with Gasteiger partial charge in [-0.05, 0) is 59.9 Å². The molecule has 0 atom stereocenters. The van der Waals surface area contributed by atoms with Gasteiger partial charge in [0.15, 0.2) is 17.3 Å². The van der Waals surface area contributed by atoms with Crippen LogP contribution in [0.25, 0.3) is 23.2 Å². The van der Waals surface area contributed by atoms with Crippen LogP contribution in [0.15, 0.2) is 47.3 Å². The summed E-state index contributed by atoms with van der Waals surface area (Å²) in [5, 5.41) is 4.35. The van der Waals surface area contributed by atoms with Crippen molar-refractivity contribution in [3.05, 3.63) is 74.3 Å². The molecule has 0 saturated heterocycles. The molecule has 0 bridgehead atoms. The van der Waals surface area contributed by atoms with E-state index < -0.39 is 0 Å². The Morgan fingerprint density at radius 3 is 2.44 bits per heavy atom. The fourth-order valence-electron chi connectivity index (χ4n) is 3.25. The Kier molecular flexibility index (Phi) is 7.27. The second-order valence-corrected chi connectivity index (χ2v) is 9.14. The van der Waals surface area contributed by atoms with Crippen molar-refractivity contribution in [2.75, 3.05) is 20.8 Å². The topological polar surface area (TPSA) is 75.0 Å². The molecule has 4 aromatic rings. The van der Waals surface area contributed by atoms with E-state index in [0.717, 1.165) is 23.3 Å². The monoisotopic (exact) mass is 477 g/mol. The van der Waals surface area contributed by atoms with Crippen LogP contribution in [0.2, 0.25) is 0 Å². The average molecular weight is 478 g/mol. The Hall–Kier alpha value is -3.65. The van der Waals surface area contributed by atoms with Crippen LogP contribution in [-0.4, -0.2) is 35.4 Å².